The highest BCUT2D eigenvalue weighted by atomic mass is 16.1. The molecule has 4 rings (SSSR count). The van der Waals surface area contributed by atoms with Gasteiger partial charge in [0.1, 0.15) is 0 Å². The molecule has 1 aliphatic rings. The number of aromatic nitrogens is 2. The van der Waals surface area contributed by atoms with Crippen LogP contribution in [0.15, 0.2) is 48.5 Å². The highest BCUT2D eigenvalue weighted by molar-refractivity contribution is 5.94. The molecule has 1 aromatic heterocycles. The minimum Gasteiger partial charge on any atom is -0.351 e. The topological polar surface area (TPSA) is 70.2 Å². The second-order valence-electron chi connectivity index (χ2n) is 8.78. The highest BCUT2D eigenvalue weighted by Crippen LogP contribution is 2.24. The molecule has 1 heterocycles. The molecule has 162 valence electrons. The number of para-hydroxylation sites is 1. The van der Waals surface area contributed by atoms with E-state index < -0.39 is 0 Å². The lowest BCUT2D eigenvalue weighted by molar-refractivity contribution is 0.0926. The first-order valence-electron chi connectivity index (χ1n) is 11.0. The summed E-state index contributed by atoms with van der Waals surface area (Å²) in [6, 6.07) is 16.5. The van der Waals surface area contributed by atoms with Crippen LogP contribution in [0.1, 0.15) is 47.3 Å². The first-order chi connectivity index (χ1) is 15.0. The van der Waals surface area contributed by atoms with Crippen LogP contribution in [0, 0.1) is 6.92 Å². The summed E-state index contributed by atoms with van der Waals surface area (Å²) < 4.78 is 0. The normalized spacial score (nSPS) is 18.8. The lowest BCUT2D eigenvalue weighted by atomic mass is 9.91. The molecule has 0 bridgehead atoms. The van der Waals surface area contributed by atoms with E-state index in [-0.39, 0.29) is 11.9 Å². The van der Waals surface area contributed by atoms with Gasteiger partial charge in [0.2, 0.25) is 5.95 Å². The summed E-state index contributed by atoms with van der Waals surface area (Å²) in [7, 11) is 4.10. The van der Waals surface area contributed by atoms with Crippen LogP contribution in [-0.4, -0.2) is 47.0 Å². The van der Waals surface area contributed by atoms with Crippen LogP contribution in [0.4, 0.5) is 5.95 Å². The van der Waals surface area contributed by atoms with Gasteiger partial charge in [0, 0.05) is 29.6 Å². The van der Waals surface area contributed by atoms with Gasteiger partial charge in [-0.15, -0.1) is 0 Å². The van der Waals surface area contributed by atoms with Crippen molar-refractivity contribution in [3.8, 4) is 0 Å². The fraction of sp³-hybridized carbons (Fsp3) is 0.400. The number of aryl methyl sites for hydroxylation is 1. The molecule has 0 atom stereocenters. The maximum Gasteiger partial charge on any atom is 0.251 e. The quantitative estimate of drug-likeness (QED) is 0.630. The molecule has 1 aliphatic carbocycles. The zero-order valence-corrected chi connectivity index (χ0v) is 18.6. The van der Waals surface area contributed by atoms with Gasteiger partial charge >= 0.3 is 0 Å². The molecule has 6 nitrogen and oxygen atoms in total. The van der Waals surface area contributed by atoms with Crippen molar-refractivity contribution in [1.29, 1.82) is 0 Å². The summed E-state index contributed by atoms with van der Waals surface area (Å²) in [6.45, 7) is 2.78. The number of benzene rings is 2. The van der Waals surface area contributed by atoms with E-state index in [0.29, 0.717) is 12.0 Å². The second kappa shape index (κ2) is 9.43. The Morgan fingerprint density at radius 2 is 1.74 bits per heavy atom. The Bertz CT molecular complexity index is 1060. The van der Waals surface area contributed by atoms with E-state index in [1.165, 1.54) is 0 Å². The number of fused-ring (bicyclic) bond motifs is 1. The monoisotopic (exact) mass is 417 g/mol. The summed E-state index contributed by atoms with van der Waals surface area (Å²) in [5.41, 5.74) is 3.84. The summed E-state index contributed by atoms with van der Waals surface area (Å²) in [6.07, 6.45) is 3.87. The fourth-order valence-corrected chi connectivity index (χ4v) is 4.25. The van der Waals surface area contributed by atoms with E-state index in [0.717, 1.165) is 60.0 Å². The van der Waals surface area contributed by atoms with Gasteiger partial charge in [-0.05, 0) is 64.9 Å². The van der Waals surface area contributed by atoms with Gasteiger partial charge in [-0.3, -0.25) is 4.79 Å². The first-order valence-corrected chi connectivity index (χ1v) is 11.0. The van der Waals surface area contributed by atoms with Gasteiger partial charge in [0.05, 0.1) is 11.2 Å². The van der Waals surface area contributed by atoms with Crippen LogP contribution in [-0.2, 0) is 6.54 Å². The molecule has 1 saturated carbocycles. The number of nitrogens with zero attached hydrogens (tertiary/aromatic N) is 3. The van der Waals surface area contributed by atoms with Crippen molar-refractivity contribution in [2.45, 2.75) is 51.2 Å². The van der Waals surface area contributed by atoms with Crippen molar-refractivity contribution >= 4 is 22.8 Å². The molecule has 0 saturated heterocycles. The molecule has 6 heteroatoms. The van der Waals surface area contributed by atoms with E-state index in [1.54, 1.807) is 0 Å². The number of hydrogen-bond donors (Lipinski definition) is 2. The van der Waals surface area contributed by atoms with E-state index in [9.17, 15) is 4.79 Å². The third-order valence-corrected chi connectivity index (χ3v) is 5.82. The number of nitrogens with one attached hydrogen (secondary N) is 2. The van der Waals surface area contributed by atoms with Gasteiger partial charge in [-0.25, -0.2) is 9.97 Å². The third kappa shape index (κ3) is 5.39. The summed E-state index contributed by atoms with van der Waals surface area (Å²) in [5, 5.41) is 7.85. The molecule has 0 unspecified atom stereocenters. The van der Waals surface area contributed by atoms with Gasteiger partial charge in [0.25, 0.3) is 5.91 Å². The first kappa shape index (κ1) is 21.2. The summed E-state index contributed by atoms with van der Waals surface area (Å²) >= 11 is 0. The lowest BCUT2D eigenvalue weighted by Gasteiger charge is -2.30. The predicted molar refractivity (Wildman–Crippen MR) is 125 cm³/mol. The Labute approximate surface area is 184 Å². The van der Waals surface area contributed by atoms with Crippen molar-refractivity contribution in [1.82, 2.24) is 20.2 Å². The van der Waals surface area contributed by atoms with Gasteiger partial charge < -0.3 is 15.5 Å². The molecule has 2 N–H and O–H groups in total. The molecule has 0 spiro atoms. The minimum atomic E-state index is 0.0197. The number of amides is 1. The molecule has 31 heavy (non-hydrogen) atoms. The van der Waals surface area contributed by atoms with E-state index in [1.807, 2.05) is 49.4 Å². The van der Waals surface area contributed by atoms with Crippen LogP contribution in [0.3, 0.4) is 0 Å². The van der Waals surface area contributed by atoms with Crippen LogP contribution < -0.4 is 10.6 Å². The van der Waals surface area contributed by atoms with E-state index >= 15 is 0 Å². The van der Waals surface area contributed by atoms with Crippen molar-refractivity contribution in [2.24, 2.45) is 0 Å². The second-order valence-corrected chi connectivity index (χ2v) is 8.78. The van der Waals surface area contributed by atoms with Crippen molar-refractivity contribution in [3.63, 3.8) is 0 Å². The molecule has 1 amide bonds. The molecule has 0 aliphatic heterocycles. The Balaban J connectivity index is 1.37. The Kier molecular flexibility index (Phi) is 6.47. The standard InChI is InChI=1S/C25H31N5O/c1-17-7-6-8-18(15-17)24(31)26-19-11-13-20(14-12-19)27-25-28-22-10-5-4-9-21(22)23(29-25)16-30(2)3/h4-10,15,19-20H,11-14,16H2,1-3H3,(H,26,31)(H,27,28,29). The Morgan fingerprint density at radius 1 is 1.00 bits per heavy atom. The zero-order chi connectivity index (χ0) is 21.8. The van der Waals surface area contributed by atoms with Gasteiger partial charge in [-0.2, -0.15) is 0 Å². The van der Waals surface area contributed by atoms with Gasteiger partial charge in [0.15, 0.2) is 0 Å². The number of carbonyl (C=O) groups excluding carboxylic acids is 1. The zero-order valence-electron chi connectivity index (χ0n) is 18.6. The molecular weight excluding hydrogens is 386 g/mol. The number of hydrogen-bond acceptors (Lipinski definition) is 5. The van der Waals surface area contributed by atoms with Crippen molar-refractivity contribution in [2.75, 3.05) is 19.4 Å². The van der Waals surface area contributed by atoms with Crippen molar-refractivity contribution < 1.29 is 4.79 Å². The van der Waals surface area contributed by atoms with Crippen molar-refractivity contribution in [3.05, 3.63) is 65.4 Å². The van der Waals surface area contributed by atoms with Crippen LogP contribution >= 0.6 is 0 Å². The molecule has 0 radical (unpaired) electrons. The lowest BCUT2D eigenvalue weighted by Crippen LogP contribution is -2.40. The Hall–Kier alpha value is -2.99. The minimum absolute atomic E-state index is 0.0197. The smallest absolute Gasteiger partial charge is 0.251 e. The molecule has 3 aromatic rings. The number of carbonyl (C=O) groups is 1. The van der Waals surface area contributed by atoms with Crippen LogP contribution in [0.2, 0.25) is 0 Å². The number of anilines is 1. The molecule has 2 aromatic carbocycles. The average Bonchev–Trinajstić information content (AvgIpc) is 2.75. The van der Waals surface area contributed by atoms with Crippen LogP contribution in [0.5, 0.6) is 0 Å². The third-order valence-electron chi connectivity index (χ3n) is 5.82. The highest BCUT2D eigenvalue weighted by Gasteiger charge is 2.23. The maximum atomic E-state index is 12.5. The SMILES string of the molecule is Cc1cccc(C(=O)NC2CCC(Nc3nc(CN(C)C)c4ccccc4n3)CC2)c1. The largest absolute Gasteiger partial charge is 0.351 e. The Morgan fingerprint density at radius 3 is 2.48 bits per heavy atom. The van der Waals surface area contributed by atoms with E-state index in [2.05, 4.69) is 35.7 Å². The molecule has 1 fully saturated rings. The van der Waals surface area contributed by atoms with Gasteiger partial charge in [-0.1, -0.05) is 35.9 Å². The predicted octanol–water partition coefficient (Wildman–Crippen LogP) is 4.15. The number of rotatable bonds is 6. The average molecular weight is 418 g/mol. The summed E-state index contributed by atoms with van der Waals surface area (Å²) in [5.74, 6) is 0.717. The fourth-order valence-electron chi connectivity index (χ4n) is 4.25. The van der Waals surface area contributed by atoms with E-state index in [4.69, 9.17) is 9.97 Å². The molecular formula is C25H31N5O. The van der Waals surface area contributed by atoms with Crippen LogP contribution in [0.25, 0.3) is 10.9 Å². The summed E-state index contributed by atoms with van der Waals surface area (Å²) in [4.78, 5) is 24.2. The maximum absolute atomic E-state index is 12.5.